The van der Waals surface area contributed by atoms with Crippen molar-refractivity contribution in [2.75, 3.05) is 20.1 Å². The monoisotopic (exact) mass is 233 g/mol. The summed E-state index contributed by atoms with van der Waals surface area (Å²) in [6.07, 6.45) is 2.71. The maximum absolute atomic E-state index is 4.68. The molecule has 0 spiro atoms. The minimum Gasteiger partial charge on any atom is -0.314 e. The first-order valence-corrected chi connectivity index (χ1v) is 6.59. The van der Waals surface area contributed by atoms with Gasteiger partial charge in [-0.1, -0.05) is 13.0 Å². The van der Waals surface area contributed by atoms with Gasteiger partial charge >= 0.3 is 0 Å². The van der Waals surface area contributed by atoms with E-state index in [1.165, 1.54) is 31.6 Å². The SMILES string of the molecule is CNCc1cccc(CN2CCCC(C)C2)n1. The maximum atomic E-state index is 4.68. The van der Waals surface area contributed by atoms with Crippen molar-refractivity contribution < 1.29 is 0 Å². The molecule has 1 saturated heterocycles. The lowest BCUT2D eigenvalue weighted by atomic mass is 10.0. The van der Waals surface area contributed by atoms with Crippen LogP contribution in [0.2, 0.25) is 0 Å². The molecular formula is C14H23N3. The van der Waals surface area contributed by atoms with Gasteiger partial charge in [-0.25, -0.2) is 0 Å². The first-order chi connectivity index (χ1) is 8.28. The van der Waals surface area contributed by atoms with Crippen molar-refractivity contribution in [3.8, 4) is 0 Å². The van der Waals surface area contributed by atoms with E-state index < -0.39 is 0 Å². The van der Waals surface area contributed by atoms with E-state index in [2.05, 4.69) is 40.3 Å². The summed E-state index contributed by atoms with van der Waals surface area (Å²) < 4.78 is 0. The largest absolute Gasteiger partial charge is 0.314 e. The van der Waals surface area contributed by atoms with Crippen LogP contribution in [0.3, 0.4) is 0 Å². The van der Waals surface area contributed by atoms with E-state index in [-0.39, 0.29) is 0 Å². The minimum atomic E-state index is 0.837. The Bertz CT molecular complexity index is 351. The van der Waals surface area contributed by atoms with E-state index in [9.17, 15) is 0 Å². The van der Waals surface area contributed by atoms with Crippen LogP contribution in [0.15, 0.2) is 18.2 Å². The van der Waals surface area contributed by atoms with E-state index in [0.29, 0.717) is 0 Å². The summed E-state index contributed by atoms with van der Waals surface area (Å²) in [6, 6.07) is 6.33. The second kappa shape index (κ2) is 6.12. The van der Waals surface area contributed by atoms with E-state index in [4.69, 9.17) is 0 Å². The van der Waals surface area contributed by atoms with Gasteiger partial charge in [0.05, 0.1) is 11.4 Å². The second-order valence-corrected chi connectivity index (χ2v) is 5.13. The number of pyridine rings is 1. The lowest BCUT2D eigenvalue weighted by Gasteiger charge is -2.30. The Morgan fingerprint density at radius 1 is 1.41 bits per heavy atom. The molecular weight excluding hydrogens is 210 g/mol. The lowest BCUT2D eigenvalue weighted by molar-refractivity contribution is 0.175. The van der Waals surface area contributed by atoms with Gasteiger partial charge in [-0.15, -0.1) is 0 Å². The van der Waals surface area contributed by atoms with Gasteiger partial charge in [0, 0.05) is 19.6 Å². The van der Waals surface area contributed by atoms with Crippen molar-refractivity contribution in [1.29, 1.82) is 0 Å². The zero-order valence-corrected chi connectivity index (χ0v) is 10.9. The molecule has 1 aromatic rings. The Labute approximate surface area is 104 Å². The van der Waals surface area contributed by atoms with E-state index in [1.807, 2.05) is 7.05 Å². The van der Waals surface area contributed by atoms with Gasteiger partial charge < -0.3 is 5.32 Å². The fourth-order valence-electron chi connectivity index (χ4n) is 2.56. The Hall–Kier alpha value is -0.930. The molecule has 0 aromatic carbocycles. The van der Waals surface area contributed by atoms with Crippen LogP contribution in [0.25, 0.3) is 0 Å². The number of hydrogen-bond acceptors (Lipinski definition) is 3. The lowest BCUT2D eigenvalue weighted by Crippen LogP contribution is -2.34. The number of aromatic nitrogens is 1. The third-order valence-corrected chi connectivity index (χ3v) is 3.35. The Kier molecular flexibility index (Phi) is 4.51. The van der Waals surface area contributed by atoms with Crippen molar-refractivity contribution in [1.82, 2.24) is 15.2 Å². The molecule has 1 fully saturated rings. The van der Waals surface area contributed by atoms with Crippen LogP contribution in [0.1, 0.15) is 31.2 Å². The molecule has 1 unspecified atom stereocenters. The molecule has 2 rings (SSSR count). The molecule has 1 aliphatic rings. The van der Waals surface area contributed by atoms with E-state index >= 15 is 0 Å². The topological polar surface area (TPSA) is 28.2 Å². The quantitative estimate of drug-likeness (QED) is 0.862. The van der Waals surface area contributed by atoms with Crippen LogP contribution in [0, 0.1) is 5.92 Å². The highest BCUT2D eigenvalue weighted by molar-refractivity contribution is 5.11. The van der Waals surface area contributed by atoms with Gasteiger partial charge in [-0.2, -0.15) is 0 Å². The van der Waals surface area contributed by atoms with Gasteiger partial charge in [-0.05, 0) is 44.5 Å². The zero-order chi connectivity index (χ0) is 12.1. The van der Waals surface area contributed by atoms with E-state index in [1.54, 1.807) is 0 Å². The fraction of sp³-hybridized carbons (Fsp3) is 0.643. The van der Waals surface area contributed by atoms with Gasteiger partial charge in [0.2, 0.25) is 0 Å². The van der Waals surface area contributed by atoms with Crippen molar-refractivity contribution in [3.05, 3.63) is 29.6 Å². The van der Waals surface area contributed by atoms with Gasteiger partial charge in [0.1, 0.15) is 0 Å². The summed E-state index contributed by atoms with van der Waals surface area (Å²) in [5.41, 5.74) is 2.34. The fourth-order valence-corrected chi connectivity index (χ4v) is 2.56. The molecule has 1 aliphatic heterocycles. The second-order valence-electron chi connectivity index (χ2n) is 5.13. The van der Waals surface area contributed by atoms with Crippen molar-refractivity contribution in [3.63, 3.8) is 0 Å². The highest BCUT2D eigenvalue weighted by Crippen LogP contribution is 2.17. The van der Waals surface area contributed by atoms with Gasteiger partial charge in [-0.3, -0.25) is 9.88 Å². The minimum absolute atomic E-state index is 0.837. The molecule has 1 aromatic heterocycles. The normalized spacial score (nSPS) is 21.6. The van der Waals surface area contributed by atoms with Crippen molar-refractivity contribution in [2.24, 2.45) is 5.92 Å². The highest BCUT2D eigenvalue weighted by atomic mass is 15.1. The maximum Gasteiger partial charge on any atom is 0.0547 e. The van der Waals surface area contributed by atoms with Crippen LogP contribution in [0.4, 0.5) is 0 Å². The third-order valence-electron chi connectivity index (χ3n) is 3.35. The molecule has 0 aliphatic carbocycles. The highest BCUT2D eigenvalue weighted by Gasteiger charge is 2.16. The number of nitrogens with one attached hydrogen (secondary N) is 1. The predicted molar refractivity (Wildman–Crippen MR) is 70.7 cm³/mol. The molecule has 3 heteroatoms. The smallest absolute Gasteiger partial charge is 0.0547 e. The molecule has 94 valence electrons. The molecule has 17 heavy (non-hydrogen) atoms. The standard InChI is InChI=1S/C14H23N3/c1-12-5-4-8-17(10-12)11-14-7-3-6-13(16-14)9-15-2/h3,6-7,12,15H,4-5,8-11H2,1-2H3. The van der Waals surface area contributed by atoms with Crippen LogP contribution < -0.4 is 5.32 Å². The molecule has 1 atom stereocenters. The molecule has 0 amide bonds. The molecule has 3 nitrogen and oxygen atoms in total. The predicted octanol–water partition coefficient (Wildman–Crippen LogP) is 2.03. The van der Waals surface area contributed by atoms with Crippen LogP contribution in [-0.2, 0) is 13.1 Å². The Balaban J connectivity index is 1.95. The number of hydrogen-bond donors (Lipinski definition) is 1. The van der Waals surface area contributed by atoms with Crippen LogP contribution in [-0.4, -0.2) is 30.0 Å². The molecule has 0 saturated carbocycles. The van der Waals surface area contributed by atoms with Crippen LogP contribution >= 0.6 is 0 Å². The van der Waals surface area contributed by atoms with Gasteiger partial charge in [0.25, 0.3) is 0 Å². The summed E-state index contributed by atoms with van der Waals surface area (Å²) >= 11 is 0. The number of rotatable bonds is 4. The first-order valence-electron chi connectivity index (χ1n) is 6.59. The molecule has 0 bridgehead atoms. The van der Waals surface area contributed by atoms with E-state index in [0.717, 1.165) is 24.7 Å². The number of likely N-dealkylation sites (tertiary alicyclic amines) is 1. The molecule has 2 heterocycles. The van der Waals surface area contributed by atoms with Crippen molar-refractivity contribution >= 4 is 0 Å². The average molecular weight is 233 g/mol. The summed E-state index contributed by atoms with van der Waals surface area (Å²) in [6.45, 7) is 6.64. The molecule has 1 N–H and O–H groups in total. The summed E-state index contributed by atoms with van der Waals surface area (Å²) in [7, 11) is 1.96. The first kappa shape index (κ1) is 12.5. The van der Waals surface area contributed by atoms with Crippen molar-refractivity contribution in [2.45, 2.75) is 32.9 Å². The average Bonchev–Trinajstić information content (AvgIpc) is 2.30. The Morgan fingerprint density at radius 3 is 3.00 bits per heavy atom. The molecule has 0 radical (unpaired) electrons. The summed E-state index contributed by atoms with van der Waals surface area (Å²) in [5, 5.41) is 3.15. The number of nitrogens with zero attached hydrogens (tertiary/aromatic N) is 2. The zero-order valence-electron chi connectivity index (χ0n) is 10.9. The Morgan fingerprint density at radius 2 is 2.24 bits per heavy atom. The third kappa shape index (κ3) is 3.79. The summed E-state index contributed by atoms with van der Waals surface area (Å²) in [4.78, 5) is 7.20. The van der Waals surface area contributed by atoms with Crippen LogP contribution in [0.5, 0.6) is 0 Å². The summed E-state index contributed by atoms with van der Waals surface area (Å²) in [5.74, 6) is 0.837. The number of piperidine rings is 1. The van der Waals surface area contributed by atoms with Gasteiger partial charge in [0.15, 0.2) is 0 Å².